The molecule has 0 spiro atoms. The van der Waals surface area contributed by atoms with Crippen LogP contribution in [0.3, 0.4) is 0 Å². The number of nitro groups is 1. The van der Waals surface area contributed by atoms with E-state index in [9.17, 15) is 10.1 Å². The molecule has 0 radical (unpaired) electrons. The van der Waals surface area contributed by atoms with Crippen molar-refractivity contribution in [1.29, 1.82) is 0 Å². The maximum absolute atomic E-state index is 10.0. The van der Waals surface area contributed by atoms with E-state index in [1.165, 1.54) is 30.7 Å². The van der Waals surface area contributed by atoms with Crippen molar-refractivity contribution >= 4 is 5.69 Å². The first-order chi connectivity index (χ1) is 6.11. The molecule has 0 saturated carbocycles. The number of phenolic OH excluding ortho intramolecular Hbond substituents is 1. The van der Waals surface area contributed by atoms with Gasteiger partial charge in [-0.3, -0.25) is 10.1 Å². The zero-order valence-corrected chi connectivity index (χ0v) is 7.73. The van der Waals surface area contributed by atoms with Crippen molar-refractivity contribution < 1.29 is 10.0 Å². The fourth-order valence-electron chi connectivity index (χ4n) is 0.574. The molecule has 0 heterocycles. The number of nitro benzene ring substituents is 1. The van der Waals surface area contributed by atoms with Gasteiger partial charge in [0.15, 0.2) is 0 Å². The van der Waals surface area contributed by atoms with Crippen molar-refractivity contribution in [3.05, 3.63) is 34.4 Å². The van der Waals surface area contributed by atoms with E-state index >= 15 is 0 Å². The summed E-state index contributed by atoms with van der Waals surface area (Å²) in [6, 6.07) is 5.04. The molecular weight excluding hydrogens is 170 g/mol. The van der Waals surface area contributed by atoms with Gasteiger partial charge in [0, 0.05) is 12.1 Å². The van der Waals surface area contributed by atoms with E-state index in [0.717, 1.165) is 0 Å². The lowest BCUT2D eigenvalue weighted by atomic mass is 10.3. The highest BCUT2D eigenvalue weighted by atomic mass is 16.6. The van der Waals surface area contributed by atoms with Crippen LogP contribution >= 0.6 is 0 Å². The maximum Gasteiger partial charge on any atom is 0.269 e. The standard InChI is InChI=1S/C6H5NO3.C3H8/c8-6-3-1-5(2-4-6)7(9)10;1-3-2/h1-4,8H;3H2,1-2H3. The van der Waals surface area contributed by atoms with Gasteiger partial charge in [-0.15, -0.1) is 0 Å². The largest absolute Gasteiger partial charge is 0.508 e. The summed E-state index contributed by atoms with van der Waals surface area (Å²) in [6.45, 7) is 4.25. The number of hydrogen-bond acceptors (Lipinski definition) is 3. The summed E-state index contributed by atoms with van der Waals surface area (Å²) in [7, 11) is 0. The third kappa shape index (κ3) is 4.79. The molecule has 0 amide bonds. The van der Waals surface area contributed by atoms with Gasteiger partial charge in [-0.1, -0.05) is 20.3 Å². The molecule has 1 aromatic rings. The second kappa shape index (κ2) is 5.99. The van der Waals surface area contributed by atoms with Crippen molar-refractivity contribution in [3.8, 4) is 5.75 Å². The Morgan fingerprint density at radius 3 is 2.00 bits per heavy atom. The van der Waals surface area contributed by atoms with Crippen molar-refractivity contribution in [2.75, 3.05) is 0 Å². The number of benzene rings is 1. The molecule has 0 aliphatic heterocycles. The molecule has 0 aliphatic carbocycles. The minimum Gasteiger partial charge on any atom is -0.508 e. The van der Waals surface area contributed by atoms with Crippen molar-refractivity contribution in [2.45, 2.75) is 20.3 Å². The van der Waals surface area contributed by atoms with Crippen LogP contribution < -0.4 is 0 Å². The molecule has 1 aromatic carbocycles. The zero-order valence-electron chi connectivity index (χ0n) is 7.73. The van der Waals surface area contributed by atoms with Crippen LogP contribution in [0.2, 0.25) is 0 Å². The topological polar surface area (TPSA) is 63.4 Å². The molecule has 0 bridgehead atoms. The van der Waals surface area contributed by atoms with E-state index in [-0.39, 0.29) is 11.4 Å². The summed E-state index contributed by atoms with van der Waals surface area (Å²) < 4.78 is 0. The number of phenols is 1. The van der Waals surface area contributed by atoms with Gasteiger partial charge in [-0.2, -0.15) is 0 Å². The van der Waals surface area contributed by atoms with Crippen molar-refractivity contribution in [3.63, 3.8) is 0 Å². The summed E-state index contributed by atoms with van der Waals surface area (Å²) in [5, 5.41) is 18.8. The molecule has 1 rings (SSSR count). The van der Waals surface area contributed by atoms with Crippen molar-refractivity contribution in [2.24, 2.45) is 0 Å². The molecule has 0 aliphatic rings. The average molecular weight is 183 g/mol. The Labute approximate surface area is 77.0 Å². The van der Waals surface area contributed by atoms with Gasteiger partial charge in [-0.05, 0) is 12.1 Å². The van der Waals surface area contributed by atoms with E-state index in [4.69, 9.17) is 5.11 Å². The number of aromatic hydroxyl groups is 1. The van der Waals surface area contributed by atoms with E-state index in [1.807, 2.05) is 0 Å². The first kappa shape index (κ1) is 11.4. The van der Waals surface area contributed by atoms with Gasteiger partial charge < -0.3 is 5.11 Å². The molecule has 0 saturated heterocycles. The summed E-state index contributed by atoms with van der Waals surface area (Å²) >= 11 is 0. The zero-order chi connectivity index (χ0) is 10.3. The molecule has 0 aromatic heterocycles. The lowest BCUT2D eigenvalue weighted by Gasteiger charge is -1.89. The van der Waals surface area contributed by atoms with Gasteiger partial charge in [0.2, 0.25) is 0 Å². The van der Waals surface area contributed by atoms with Crippen LogP contribution in [0.15, 0.2) is 24.3 Å². The quantitative estimate of drug-likeness (QED) is 0.537. The Balaban J connectivity index is 0.000000424. The monoisotopic (exact) mass is 183 g/mol. The Morgan fingerprint density at radius 1 is 1.31 bits per heavy atom. The number of nitrogens with zero attached hydrogens (tertiary/aromatic N) is 1. The third-order valence-corrected chi connectivity index (χ3v) is 1.06. The van der Waals surface area contributed by atoms with E-state index in [2.05, 4.69) is 13.8 Å². The molecular formula is C9H13NO3. The smallest absolute Gasteiger partial charge is 0.269 e. The molecule has 1 N–H and O–H groups in total. The fraction of sp³-hybridized carbons (Fsp3) is 0.333. The van der Waals surface area contributed by atoms with E-state index < -0.39 is 4.92 Å². The Bertz CT molecular complexity index is 256. The number of hydrogen-bond donors (Lipinski definition) is 1. The van der Waals surface area contributed by atoms with Crippen molar-refractivity contribution in [1.82, 2.24) is 0 Å². The van der Waals surface area contributed by atoms with Crippen LogP contribution in [0.25, 0.3) is 0 Å². The predicted octanol–water partition coefficient (Wildman–Crippen LogP) is 2.72. The number of rotatable bonds is 1. The molecule has 4 heteroatoms. The van der Waals surface area contributed by atoms with E-state index in [0.29, 0.717) is 0 Å². The Hall–Kier alpha value is -1.58. The van der Waals surface area contributed by atoms with Crippen LogP contribution in [-0.2, 0) is 0 Å². The highest BCUT2D eigenvalue weighted by Gasteiger charge is 2.01. The van der Waals surface area contributed by atoms with Gasteiger partial charge >= 0.3 is 0 Å². The predicted molar refractivity (Wildman–Crippen MR) is 50.7 cm³/mol. The highest BCUT2D eigenvalue weighted by Crippen LogP contribution is 2.14. The molecule has 0 unspecified atom stereocenters. The summed E-state index contributed by atoms with van der Waals surface area (Å²) in [5.74, 6) is 0.0330. The van der Waals surface area contributed by atoms with Gasteiger partial charge in [0.1, 0.15) is 5.75 Å². The lowest BCUT2D eigenvalue weighted by molar-refractivity contribution is -0.384. The second-order valence-corrected chi connectivity index (χ2v) is 2.48. The van der Waals surface area contributed by atoms with Gasteiger partial charge in [0.05, 0.1) is 4.92 Å². The minimum atomic E-state index is -0.514. The normalized spacial score (nSPS) is 8.46. The Kier molecular flexibility index (Phi) is 5.27. The minimum absolute atomic E-state index is 0.0159. The maximum atomic E-state index is 10.0. The number of non-ortho nitro benzene ring substituents is 1. The third-order valence-electron chi connectivity index (χ3n) is 1.06. The second-order valence-electron chi connectivity index (χ2n) is 2.48. The van der Waals surface area contributed by atoms with Crippen LogP contribution in [0.5, 0.6) is 5.75 Å². The first-order valence-electron chi connectivity index (χ1n) is 4.05. The first-order valence-corrected chi connectivity index (χ1v) is 4.05. The fourth-order valence-corrected chi connectivity index (χ4v) is 0.574. The van der Waals surface area contributed by atoms with Crippen LogP contribution in [0.4, 0.5) is 5.69 Å². The molecule has 13 heavy (non-hydrogen) atoms. The van der Waals surface area contributed by atoms with Crippen LogP contribution in [0, 0.1) is 10.1 Å². The lowest BCUT2D eigenvalue weighted by Crippen LogP contribution is -1.85. The van der Waals surface area contributed by atoms with Crippen LogP contribution in [0.1, 0.15) is 20.3 Å². The highest BCUT2D eigenvalue weighted by molar-refractivity contribution is 5.34. The Morgan fingerprint density at radius 2 is 1.69 bits per heavy atom. The van der Waals surface area contributed by atoms with E-state index in [1.54, 1.807) is 0 Å². The molecule has 4 nitrogen and oxygen atoms in total. The average Bonchev–Trinajstić information content (AvgIpc) is 2.06. The summed E-state index contributed by atoms with van der Waals surface area (Å²) in [5.41, 5.74) is -0.0159. The molecule has 72 valence electrons. The van der Waals surface area contributed by atoms with Crippen LogP contribution in [-0.4, -0.2) is 10.0 Å². The summed E-state index contributed by atoms with van der Waals surface area (Å²) in [4.78, 5) is 9.52. The van der Waals surface area contributed by atoms with Gasteiger partial charge in [-0.25, -0.2) is 0 Å². The SMILES string of the molecule is CCC.O=[N+]([O-])c1ccc(O)cc1. The summed E-state index contributed by atoms with van der Waals surface area (Å²) in [6.07, 6.45) is 1.25. The molecule has 0 atom stereocenters. The molecule has 0 fully saturated rings. The van der Waals surface area contributed by atoms with Gasteiger partial charge in [0.25, 0.3) is 5.69 Å².